The molecular formula is C33H3-. The topological polar surface area (TPSA) is 0 Å². The third-order valence-electron chi connectivity index (χ3n) is 1.94. The maximum Gasteiger partial charge on any atom is 0 e. The van der Waals surface area contributed by atoms with Gasteiger partial charge in [0.2, 0.25) is 0 Å². The fourth-order valence-corrected chi connectivity index (χ4v) is 0.938. The predicted molar refractivity (Wildman–Crippen MR) is 129 cm³/mol. The standard InChI is InChI=1S/C33H3/c1-3-5-7-9-11-13-15-17-19-21-23-25-27-29-31-33-32-30-28-26-24-22-20-18-16-14-12-10-8-6-4-2/h1H3/q-1. The molecule has 0 aromatic carbocycles. The zero-order chi connectivity index (χ0) is 23.9. The predicted octanol–water partition coefficient (Wildman–Crippen LogP) is 0.647. The Labute approximate surface area is 196 Å². The average molecular weight is 399 g/mol. The Hall–Kier alpha value is -7.04. The van der Waals surface area contributed by atoms with Gasteiger partial charge in [-0.3, -0.25) is 5.92 Å². The zero-order valence-corrected chi connectivity index (χ0v) is 17.0. The average Bonchev–Trinajstić information content (AvgIpc) is 2.83. The van der Waals surface area contributed by atoms with Gasteiger partial charge in [0.05, 0.1) is 0 Å². The highest BCUT2D eigenvalue weighted by Crippen LogP contribution is 1.60. The van der Waals surface area contributed by atoms with E-state index >= 15 is 0 Å². The molecule has 0 heterocycles. The van der Waals surface area contributed by atoms with Crippen LogP contribution in [-0.2, 0) is 0 Å². The van der Waals surface area contributed by atoms with Crippen molar-refractivity contribution in [3.8, 4) is 184 Å². The van der Waals surface area contributed by atoms with Crippen LogP contribution >= 0.6 is 0 Å². The minimum Gasteiger partial charge on any atom is -0.358 e. The van der Waals surface area contributed by atoms with Crippen LogP contribution in [0.4, 0.5) is 0 Å². The maximum absolute atomic E-state index is 6.54. The Morgan fingerprint density at radius 3 is 0.545 bits per heavy atom. The van der Waals surface area contributed by atoms with E-state index in [0.29, 0.717) is 0 Å². The summed E-state index contributed by atoms with van der Waals surface area (Å²) in [5.74, 6) is 76.3. The van der Waals surface area contributed by atoms with Gasteiger partial charge < -0.3 is 6.42 Å². The van der Waals surface area contributed by atoms with Crippen molar-refractivity contribution < 1.29 is 0 Å². The molecule has 0 heteroatoms. The third kappa shape index (κ3) is 25.0. The Bertz CT molecular complexity index is 1790. The van der Waals surface area contributed by atoms with Crippen LogP contribution in [0.2, 0.25) is 0 Å². The molecule has 33 heavy (non-hydrogen) atoms. The summed E-state index contributed by atoms with van der Waals surface area (Å²) in [4.78, 5) is 0. The Morgan fingerprint density at radius 2 is 0.394 bits per heavy atom. The summed E-state index contributed by atoms with van der Waals surface area (Å²) in [5.41, 5.74) is 0. The van der Waals surface area contributed by atoms with E-state index < -0.39 is 0 Å². The van der Waals surface area contributed by atoms with Crippen molar-refractivity contribution in [2.45, 2.75) is 6.92 Å². The van der Waals surface area contributed by atoms with Crippen LogP contribution in [0.5, 0.6) is 0 Å². The van der Waals surface area contributed by atoms with Gasteiger partial charge in [0.25, 0.3) is 0 Å². The van der Waals surface area contributed by atoms with Crippen molar-refractivity contribution in [1.29, 1.82) is 0 Å². The van der Waals surface area contributed by atoms with Crippen LogP contribution in [0.25, 0.3) is 0 Å². The van der Waals surface area contributed by atoms with Crippen molar-refractivity contribution in [3.05, 3.63) is 6.42 Å². The highest BCUT2D eigenvalue weighted by Gasteiger charge is 1.59. The van der Waals surface area contributed by atoms with E-state index in [1.54, 1.807) is 6.92 Å². The molecule has 0 aromatic heterocycles. The van der Waals surface area contributed by atoms with Gasteiger partial charge in [0.1, 0.15) is 0 Å². The van der Waals surface area contributed by atoms with Crippen LogP contribution in [0.1, 0.15) is 6.92 Å². The second-order valence-electron chi connectivity index (χ2n) is 4.00. The molecule has 0 nitrogen and oxygen atoms in total. The summed E-state index contributed by atoms with van der Waals surface area (Å²) in [6.45, 7) is 1.69. The molecule has 0 amide bonds. The molecule has 0 spiro atoms. The Balaban J connectivity index is 4.48. The van der Waals surface area contributed by atoms with E-state index in [1.165, 1.54) is 0 Å². The highest BCUT2D eigenvalue weighted by molar-refractivity contribution is 5.48. The lowest BCUT2D eigenvalue weighted by molar-refractivity contribution is 1.92. The van der Waals surface area contributed by atoms with Gasteiger partial charge >= 0.3 is 0 Å². The lowest BCUT2D eigenvalue weighted by Crippen LogP contribution is -1.57. The normalized spacial score (nSPS) is 3.88. The Kier molecular flexibility index (Phi) is 19.6. The molecule has 0 saturated heterocycles. The highest BCUT2D eigenvalue weighted by atomic mass is 13.6. The fraction of sp³-hybridized carbons (Fsp3) is 0.0303. The molecule has 0 N–H and O–H groups in total. The molecule has 0 unspecified atom stereocenters. The minimum absolute atomic E-state index is 1.69. The minimum atomic E-state index is 1.69. The molecule has 136 valence electrons. The molecule has 0 radical (unpaired) electrons. The van der Waals surface area contributed by atoms with E-state index in [4.69, 9.17) is 6.42 Å². The molecule has 0 aliphatic carbocycles. The quantitative estimate of drug-likeness (QED) is 0.415. The molecule has 0 rings (SSSR count). The summed E-state index contributed by atoms with van der Waals surface area (Å²) in [6, 6.07) is 0. The van der Waals surface area contributed by atoms with Crippen LogP contribution in [0, 0.1) is 190 Å². The first-order valence-electron chi connectivity index (χ1n) is 8.25. The zero-order valence-electron chi connectivity index (χ0n) is 17.0. The van der Waals surface area contributed by atoms with Crippen molar-refractivity contribution in [2.24, 2.45) is 0 Å². The molecule has 0 atom stereocenters. The molecule has 0 bridgehead atoms. The van der Waals surface area contributed by atoms with Crippen LogP contribution in [0.3, 0.4) is 0 Å². The first kappa shape index (κ1) is 26.0. The number of hydrogen-bond acceptors (Lipinski definition) is 0. The molecule has 0 fully saturated rings. The van der Waals surface area contributed by atoms with Gasteiger partial charge in [-0.1, -0.05) is 5.92 Å². The summed E-state index contributed by atoms with van der Waals surface area (Å²) in [5, 5.41) is 0. The third-order valence-corrected chi connectivity index (χ3v) is 1.94. The van der Waals surface area contributed by atoms with Gasteiger partial charge in [-0.05, 0) is 102 Å². The van der Waals surface area contributed by atoms with Crippen molar-refractivity contribution in [2.75, 3.05) is 0 Å². The summed E-state index contributed by atoms with van der Waals surface area (Å²) in [6.07, 6.45) is 6.54. The maximum atomic E-state index is 6.54. The number of hydrogen-bond donors (Lipinski definition) is 0. The lowest BCUT2D eigenvalue weighted by atomic mass is 10.4. The first-order chi connectivity index (χ1) is 16.4. The molecule has 0 aliphatic rings. The van der Waals surface area contributed by atoms with Gasteiger partial charge in [0, 0.05) is 65.1 Å². The van der Waals surface area contributed by atoms with Crippen molar-refractivity contribution in [3.63, 3.8) is 0 Å². The van der Waals surface area contributed by atoms with Crippen molar-refractivity contribution >= 4 is 0 Å². The summed E-state index contributed by atoms with van der Waals surface area (Å²) in [7, 11) is 0. The smallest absolute Gasteiger partial charge is 0 e. The van der Waals surface area contributed by atoms with E-state index in [9.17, 15) is 0 Å². The number of rotatable bonds is 0. The Morgan fingerprint density at radius 1 is 0.242 bits per heavy atom. The first-order valence-corrected chi connectivity index (χ1v) is 8.25. The summed E-state index contributed by atoms with van der Waals surface area (Å²) < 4.78 is 0. The van der Waals surface area contributed by atoms with E-state index in [2.05, 4.69) is 178 Å². The SMILES string of the molecule is [C-]#CC#CC#CC#CC#CC#CC#CC#CC#CC#CC#CC#CC#CC#CC#CC#CC. The second kappa shape index (κ2) is 25.0. The van der Waals surface area contributed by atoms with Gasteiger partial charge in [-0.25, -0.2) is 5.92 Å². The van der Waals surface area contributed by atoms with Crippen LogP contribution in [-0.4, -0.2) is 0 Å². The van der Waals surface area contributed by atoms with E-state index in [-0.39, 0.29) is 0 Å². The monoisotopic (exact) mass is 399 g/mol. The van der Waals surface area contributed by atoms with Crippen LogP contribution in [0.15, 0.2) is 0 Å². The van der Waals surface area contributed by atoms with E-state index in [0.717, 1.165) is 0 Å². The van der Waals surface area contributed by atoms with Crippen molar-refractivity contribution in [1.82, 2.24) is 0 Å². The largest absolute Gasteiger partial charge is 0.358 e. The lowest BCUT2D eigenvalue weighted by Gasteiger charge is -1.63. The fourth-order valence-electron chi connectivity index (χ4n) is 0.938. The molecule has 0 saturated carbocycles. The van der Waals surface area contributed by atoms with Gasteiger partial charge in [-0.15, -0.1) is 5.92 Å². The molecular weight excluding hydrogens is 396 g/mol. The van der Waals surface area contributed by atoms with Gasteiger partial charge in [-0.2, -0.15) is 0 Å². The molecule has 0 aliphatic heterocycles. The second-order valence-corrected chi connectivity index (χ2v) is 4.00. The van der Waals surface area contributed by atoms with Gasteiger partial charge in [0.15, 0.2) is 0 Å². The molecule has 0 aromatic rings. The summed E-state index contributed by atoms with van der Waals surface area (Å²) >= 11 is 0. The van der Waals surface area contributed by atoms with E-state index in [1.807, 2.05) is 5.92 Å². The van der Waals surface area contributed by atoms with Crippen LogP contribution < -0.4 is 0 Å².